The number of aromatic nitrogens is 2. The number of nitrogens with zero attached hydrogens (tertiary/aromatic N) is 2. The second-order valence-corrected chi connectivity index (χ2v) is 5.13. The zero-order chi connectivity index (χ0) is 10.8. The number of rotatable bonds is 3. The van der Waals surface area contributed by atoms with Gasteiger partial charge in [0, 0.05) is 23.5 Å². The molecule has 2 heterocycles. The summed E-state index contributed by atoms with van der Waals surface area (Å²) in [6.45, 7) is 4.34. The molecule has 82 valence electrons. The summed E-state index contributed by atoms with van der Waals surface area (Å²) in [6.07, 6.45) is 0.909. The first-order valence-electron chi connectivity index (χ1n) is 5.13. The molecule has 0 bridgehead atoms. The van der Waals surface area contributed by atoms with Gasteiger partial charge in [-0.3, -0.25) is 0 Å². The van der Waals surface area contributed by atoms with Crippen LogP contribution in [0.4, 0.5) is 5.82 Å². The van der Waals surface area contributed by atoms with Crippen LogP contribution >= 0.6 is 11.8 Å². The van der Waals surface area contributed by atoms with E-state index in [9.17, 15) is 0 Å². The average Bonchev–Trinajstić information content (AvgIpc) is 2.63. The highest BCUT2D eigenvalue weighted by molar-refractivity contribution is 7.98. The normalized spacial score (nSPS) is 14.4. The van der Waals surface area contributed by atoms with Gasteiger partial charge >= 0.3 is 0 Å². The van der Waals surface area contributed by atoms with E-state index in [0.29, 0.717) is 5.92 Å². The minimum atomic E-state index is 0.572. The molecule has 1 aromatic rings. The van der Waals surface area contributed by atoms with Crippen molar-refractivity contribution in [3.63, 3.8) is 0 Å². The van der Waals surface area contributed by atoms with Gasteiger partial charge in [0.05, 0.1) is 5.69 Å². The van der Waals surface area contributed by atoms with E-state index in [1.165, 1.54) is 5.56 Å². The van der Waals surface area contributed by atoms with Gasteiger partial charge in [0.1, 0.15) is 11.6 Å². The zero-order valence-electron chi connectivity index (χ0n) is 9.08. The Labute approximate surface area is 94.0 Å². The predicted octanol–water partition coefficient (Wildman–Crippen LogP) is 1.71. The number of nitrogens with two attached hydrogens (primary N) is 1. The van der Waals surface area contributed by atoms with Crippen LogP contribution in [-0.2, 0) is 17.9 Å². The number of hydrogen-bond donors (Lipinski definition) is 2. The summed E-state index contributed by atoms with van der Waals surface area (Å²) in [7, 11) is 0. The summed E-state index contributed by atoms with van der Waals surface area (Å²) in [5.74, 6) is 9.71. The number of nitrogen functional groups attached to an aromatic ring is 1. The first kappa shape index (κ1) is 10.7. The summed E-state index contributed by atoms with van der Waals surface area (Å²) < 4.78 is 0. The van der Waals surface area contributed by atoms with E-state index >= 15 is 0 Å². The van der Waals surface area contributed by atoms with Crippen LogP contribution in [0.2, 0.25) is 0 Å². The van der Waals surface area contributed by atoms with Gasteiger partial charge in [0.25, 0.3) is 0 Å². The van der Waals surface area contributed by atoms with E-state index in [1.54, 1.807) is 0 Å². The van der Waals surface area contributed by atoms with Crippen LogP contribution in [0, 0.1) is 5.92 Å². The lowest BCUT2D eigenvalue weighted by atomic mass is 10.1. The average molecular weight is 224 g/mol. The van der Waals surface area contributed by atoms with E-state index in [2.05, 4.69) is 29.2 Å². The number of thioether (sulfide) groups is 1. The number of hydrogen-bond acceptors (Lipinski definition) is 5. The molecule has 0 fully saturated rings. The summed E-state index contributed by atoms with van der Waals surface area (Å²) in [5, 5.41) is 0. The highest BCUT2D eigenvalue weighted by Gasteiger charge is 2.19. The minimum Gasteiger partial charge on any atom is -0.308 e. The maximum Gasteiger partial charge on any atom is 0.148 e. The SMILES string of the molecule is CC(C)Cc1nc2c(c(NN)n1)CSC2. The van der Waals surface area contributed by atoms with Crippen molar-refractivity contribution in [1.82, 2.24) is 9.97 Å². The molecule has 2 rings (SSSR count). The molecule has 4 nitrogen and oxygen atoms in total. The molecule has 1 aliphatic rings. The maximum atomic E-state index is 5.47. The zero-order valence-corrected chi connectivity index (χ0v) is 9.90. The first-order valence-corrected chi connectivity index (χ1v) is 6.29. The molecular weight excluding hydrogens is 208 g/mol. The van der Waals surface area contributed by atoms with E-state index in [1.807, 2.05) is 11.8 Å². The molecule has 1 aliphatic heterocycles. The van der Waals surface area contributed by atoms with Gasteiger partial charge < -0.3 is 5.43 Å². The summed E-state index contributed by atoms with van der Waals surface area (Å²) >= 11 is 1.86. The lowest BCUT2D eigenvalue weighted by Gasteiger charge is -2.09. The Morgan fingerprint density at radius 1 is 1.40 bits per heavy atom. The number of hydrazine groups is 1. The molecule has 0 radical (unpaired) electrons. The molecule has 0 aliphatic carbocycles. The molecule has 0 atom stereocenters. The highest BCUT2D eigenvalue weighted by Crippen LogP contribution is 2.32. The summed E-state index contributed by atoms with van der Waals surface area (Å²) in [5.41, 5.74) is 5.00. The van der Waals surface area contributed by atoms with Gasteiger partial charge in [0.15, 0.2) is 0 Å². The third kappa shape index (κ3) is 2.23. The lowest BCUT2D eigenvalue weighted by molar-refractivity contribution is 0.618. The summed E-state index contributed by atoms with van der Waals surface area (Å²) in [4.78, 5) is 9.02. The van der Waals surface area contributed by atoms with Gasteiger partial charge in [-0.25, -0.2) is 15.8 Å². The Kier molecular flexibility index (Phi) is 3.11. The molecule has 1 aromatic heterocycles. The fourth-order valence-corrected chi connectivity index (χ4v) is 2.72. The fraction of sp³-hybridized carbons (Fsp3) is 0.600. The third-order valence-corrected chi connectivity index (χ3v) is 3.32. The van der Waals surface area contributed by atoms with Crippen LogP contribution in [0.5, 0.6) is 0 Å². The topological polar surface area (TPSA) is 63.8 Å². The molecule has 0 aromatic carbocycles. The van der Waals surface area contributed by atoms with Crippen molar-refractivity contribution in [2.45, 2.75) is 31.8 Å². The Balaban J connectivity index is 2.34. The molecule has 0 spiro atoms. The maximum absolute atomic E-state index is 5.47. The van der Waals surface area contributed by atoms with E-state index in [4.69, 9.17) is 5.84 Å². The second-order valence-electron chi connectivity index (χ2n) is 4.15. The monoisotopic (exact) mass is 224 g/mol. The molecule has 15 heavy (non-hydrogen) atoms. The number of anilines is 1. The van der Waals surface area contributed by atoms with Gasteiger partial charge in [-0.05, 0) is 5.92 Å². The Morgan fingerprint density at radius 3 is 2.87 bits per heavy atom. The van der Waals surface area contributed by atoms with Crippen molar-refractivity contribution >= 4 is 17.6 Å². The number of nitrogens with one attached hydrogen (secondary N) is 1. The van der Waals surface area contributed by atoms with Gasteiger partial charge in [-0.1, -0.05) is 13.8 Å². The smallest absolute Gasteiger partial charge is 0.148 e. The van der Waals surface area contributed by atoms with E-state index in [-0.39, 0.29) is 0 Å². The van der Waals surface area contributed by atoms with Crippen molar-refractivity contribution in [2.75, 3.05) is 5.43 Å². The van der Waals surface area contributed by atoms with Crippen molar-refractivity contribution in [2.24, 2.45) is 11.8 Å². The highest BCUT2D eigenvalue weighted by atomic mass is 32.2. The van der Waals surface area contributed by atoms with Crippen molar-refractivity contribution in [3.8, 4) is 0 Å². The van der Waals surface area contributed by atoms with Crippen molar-refractivity contribution in [3.05, 3.63) is 17.1 Å². The Bertz CT molecular complexity index is 365. The van der Waals surface area contributed by atoms with Crippen LogP contribution < -0.4 is 11.3 Å². The lowest BCUT2D eigenvalue weighted by Crippen LogP contribution is -2.14. The minimum absolute atomic E-state index is 0.572. The molecule has 0 saturated heterocycles. The molecule has 0 amide bonds. The first-order chi connectivity index (χ1) is 7.20. The van der Waals surface area contributed by atoms with Crippen LogP contribution in [-0.4, -0.2) is 9.97 Å². The van der Waals surface area contributed by atoms with Gasteiger partial charge in [-0.15, -0.1) is 0 Å². The molecule has 3 N–H and O–H groups in total. The van der Waals surface area contributed by atoms with Gasteiger partial charge in [-0.2, -0.15) is 11.8 Å². The fourth-order valence-electron chi connectivity index (χ4n) is 1.68. The van der Waals surface area contributed by atoms with Crippen LogP contribution in [0.15, 0.2) is 0 Å². The molecular formula is C10H16N4S. The second kappa shape index (κ2) is 4.37. The molecule has 5 heteroatoms. The summed E-state index contributed by atoms with van der Waals surface area (Å²) in [6, 6.07) is 0. The molecule has 0 saturated carbocycles. The number of fused-ring (bicyclic) bond motifs is 1. The van der Waals surface area contributed by atoms with Crippen LogP contribution in [0.3, 0.4) is 0 Å². The van der Waals surface area contributed by atoms with Crippen molar-refractivity contribution in [1.29, 1.82) is 0 Å². The van der Waals surface area contributed by atoms with E-state index < -0.39 is 0 Å². The largest absolute Gasteiger partial charge is 0.308 e. The standard InChI is InChI=1S/C10H16N4S/c1-6(2)3-9-12-8-5-15-4-7(8)10(13-9)14-11/h6H,3-5,11H2,1-2H3,(H,12,13,14). The van der Waals surface area contributed by atoms with Crippen molar-refractivity contribution < 1.29 is 0 Å². The Morgan fingerprint density at radius 2 is 2.20 bits per heavy atom. The third-order valence-electron chi connectivity index (χ3n) is 2.35. The van der Waals surface area contributed by atoms with E-state index in [0.717, 1.165) is 35.3 Å². The van der Waals surface area contributed by atoms with Crippen LogP contribution in [0.25, 0.3) is 0 Å². The predicted molar refractivity (Wildman–Crippen MR) is 63.4 cm³/mol. The quantitative estimate of drug-likeness (QED) is 0.604. The van der Waals surface area contributed by atoms with Gasteiger partial charge in [0.2, 0.25) is 0 Å². The molecule has 0 unspecified atom stereocenters. The Hall–Kier alpha value is -0.810. The van der Waals surface area contributed by atoms with Crippen LogP contribution in [0.1, 0.15) is 30.9 Å².